The van der Waals surface area contributed by atoms with E-state index in [9.17, 15) is 0 Å². The van der Waals surface area contributed by atoms with Gasteiger partial charge in [0, 0.05) is 13.1 Å². The molecule has 3 rings (SSSR count). The zero-order chi connectivity index (χ0) is 13.9. The molecule has 2 aromatic carbocycles. The third-order valence-corrected chi connectivity index (χ3v) is 3.88. The van der Waals surface area contributed by atoms with Crippen LogP contribution in [0.1, 0.15) is 23.6 Å². The van der Waals surface area contributed by atoms with E-state index in [0.29, 0.717) is 0 Å². The lowest BCUT2D eigenvalue weighted by atomic mass is 10.1. The van der Waals surface area contributed by atoms with Crippen LogP contribution in [-0.2, 0) is 13.0 Å². The van der Waals surface area contributed by atoms with Crippen molar-refractivity contribution in [2.75, 3.05) is 6.54 Å². The Balaban J connectivity index is 0.00000161. The van der Waals surface area contributed by atoms with Crippen LogP contribution < -0.4 is 0 Å². The van der Waals surface area contributed by atoms with Gasteiger partial charge in [-0.2, -0.15) is 0 Å². The number of amidine groups is 1. The molecule has 0 unspecified atom stereocenters. The molecule has 0 fully saturated rings. The van der Waals surface area contributed by atoms with E-state index in [2.05, 4.69) is 67.3 Å². The number of aliphatic imine (C=N–C) groups is 1. The Morgan fingerprint density at radius 3 is 2.48 bits per heavy atom. The van der Waals surface area contributed by atoms with Crippen LogP contribution in [0.4, 0.5) is 5.69 Å². The first-order chi connectivity index (χ1) is 9.72. The number of hydrogen-bond acceptors (Lipinski definition) is 2. The quantitative estimate of drug-likeness (QED) is 0.796. The normalized spacial score (nSPS) is 13.8. The van der Waals surface area contributed by atoms with Crippen molar-refractivity contribution >= 4 is 23.9 Å². The molecule has 0 N–H and O–H groups in total. The SMILES string of the molecule is CC1=Nc2ccccc2CCN1Cc1ccc(C)cc1.Cl. The second-order valence-corrected chi connectivity index (χ2v) is 5.44. The van der Waals surface area contributed by atoms with Gasteiger partial charge in [0.1, 0.15) is 5.84 Å². The Kier molecular flexibility index (Phi) is 5.03. The molecule has 0 radical (unpaired) electrons. The fourth-order valence-corrected chi connectivity index (χ4v) is 2.60. The van der Waals surface area contributed by atoms with Gasteiger partial charge in [-0.25, -0.2) is 4.99 Å². The molecule has 0 spiro atoms. The first-order valence-electron chi connectivity index (χ1n) is 7.16. The van der Waals surface area contributed by atoms with Crippen molar-refractivity contribution in [1.82, 2.24) is 4.90 Å². The molecule has 2 nitrogen and oxygen atoms in total. The van der Waals surface area contributed by atoms with Gasteiger partial charge < -0.3 is 4.90 Å². The van der Waals surface area contributed by atoms with E-state index in [4.69, 9.17) is 4.99 Å². The largest absolute Gasteiger partial charge is 0.356 e. The van der Waals surface area contributed by atoms with E-state index in [1.54, 1.807) is 0 Å². The van der Waals surface area contributed by atoms with Crippen LogP contribution in [0.5, 0.6) is 0 Å². The highest BCUT2D eigenvalue weighted by atomic mass is 35.5. The van der Waals surface area contributed by atoms with Crippen LogP contribution in [0.25, 0.3) is 0 Å². The Labute approximate surface area is 132 Å². The Morgan fingerprint density at radius 2 is 1.71 bits per heavy atom. The monoisotopic (exact) mass is 300 g/mol. The minimum Gasteiger partial charge on any atom is -0.356 e. The van der Waals surface area contributed by atoms with Crippen LogP contribution in [-0.4, -0.2) is 17.3 Å². The molecule has 0 aliphatic carbocycles. The number of rotatable bonds is 2. The van der Waals surface area contributed by atoms with Gasteiger partial charge in [0.25, 0.3) is 0 Å². The topological polar surface area (TPSA) is 15.6 Å². The molecule has 0 atom stereocenters. The lowest BCUT2D eigenvalue weighted by molar-refractivity contribution is 0.418. The van der Waals surface area contributed by atoms with E-state index in [1.807, 2.05) is 0 Å². The van der Waals surface area contributed by atoms with Crippen molar-refractivity contribution in [3.05, 3.63) is 65.2 Å². The number of hydrogen-bond donors (Lipinski definition) is 0. The smallest absolute Gasteiger partial charge is 0.102 e. The van der Waals surface area contributed by atoms with Crippen LogP contribution in [0.2, 0.25) is 0 Å². The first kappa shape index (κ1) is 15.6. The number of benzene rings is 2. The molecule has 1 aliphatic rings. The van der Waals surface area contributed by atoms with Crippen molar-refractivity contribution < 1.29 is 0 Å². The van der Waals surface area contributed by atoms with Crippen LogP contribution >= 0.6 is 12.4 Å². The van der Waals surface area contributed by atoms with Gasteiger partial charge >= 0.3 is 0 Å². The molecule has 1 heterocycles. The third kappa shape index (κ3) is 3.64. The van der Waals surface area contributed by atoms with Gasteiger partial charge in [0.05, 0.1) is 5.69 Å². The molecule has 0 saturated heterocycles. The summed E-state index contributed by atoms with van der Waals surface area (Å²) < 4.78 is 0. The first-order valence-corrected chi connectivity index (χ1v) is 7.16. The summed E-state index contributed by atoms with van der Waals surface area (Å²) >= 11 is 0. The molecule has 2 aromatic rings. The maximum absolute atomic E-state index is 4.78. The zero-order valence-electron chi connectivity index (χ0n) is 12.5. The predicted octanol–water partition coefficient (Wildman–Crippen LogP) is 4.53. The molecule has 0 bridgehead atoms. The highest BCUT2D eigenvalue weighted by Gasteiger charge is 2.14. The van der Waals surface area contributed by atoms with Gasteiger partial charge in [-0.3, -0.25) is 0 Å². The van der Waals surface area contributed by atoms with Crippen molar-refractivity contribution in [1.29, 1.82) is 0 Å². The molecular weight excluding hydrogens is 280 g/mol. The maximum Gasteiger partial charge on any atom is 0.102 e. The summed E-state index contributed by atoms with van der Waals surface area (Å²) in [6.07, 6.45) is 1.06. The zero-order valence-corrected chi connectivity index (χ0v) is 13.4. The van der Waals surface area contributed by atoms with Gasteiger partial charge in [-0.1, -0.05) is 48.0 Å². The average Bonchev–Trinajstić information content (AvgIpc) is 2.61. The minimum absolute atomic E-state index is 0. The van der Waals surface area contributed by atoms with Crippen molar-refractivity contribution in [3.63, 3.8) is 0 Å². The molecule has 0 aromatic heterocycles. The number of para-hydroxylation sites is 1. The van der Waals surface area contributed by atoms with Crippen molar-refractivity contribution in [2.45, 2.75) is 26.8 Å². The fraction of sp³-hybridized carbons (Fsp3) is 0.278. The summed E-state index contributed by atoms with van der Waals surface area (Å²) in [6.45, 7) is 6.19. The van der Waals surface area contributed by atoms with Crippen LogP contribution in [0.3, 0.4) is 0 Å². The standard InChI is InChI=1S/C18H20N2.ClH/c1-14-7-9-16(10-8-14)13-20-12-11-17-5-3-4-6-18(17)19-15(20)2;/h3-10H,11-13H2,1-2H3;1H. The Bertz CT molecular complexity index is 632. The van der Waals surface area contributed by atoms with Crippen molar-refractivity contribution in [3.8, 4) is 0 Å². The van der Waals surface area contributed by atoms with Gasteiger partial charge in [-0.15, -0.1) is 12.4 Å². The van der Waals surface area contributed by atoms with Crippen LogP contribution in [0.15, 0.2) is 53.5 Å². The summed E-state index contributed by atoms with van der Waals surface area (Å²) in [6, 6.07) is 17.2. The Hall–Kier alpha value is -1.80. The summed E-state index contributed by atoms with van der Waals surface area (Å²) in [5, 5.41) is 0. The number of halogens is 1. The lowest BCUT2D eigenvalue weighted by Gasteiger charge is -2.22. The lowest BCUT2D eigenvalue weighted by Crippen LogP contribution is -2.29. The molecule has 0 saturated carbocycles. The number of fused-ring (bicyclic) bond motifs is 1. The summed E-state index contributed by atoms with van der Waals surface area (Å²) in [4.78, 5) is 7.14. The molecule has 3 heteroatoms. The molecule has 21 heavy (non-hydrogen) atoms. The maximum atomic E-state index is 4.78. The molecule has 110 valence electrons. The van der Waals surface area contributed by atoms with E-state index in [1.165, 1.54) is 16.7 Å². The second-order valence-electron chi connectivity index (χ2n) is 5.44. The number of aryl methyl sites for hydroxylation is 1. The fourth-order valence-electron chi connectivity index (χ4n) is 2.60. The predicted molar refractivity (Wildman–Crippen MR) is 91.8 cm³/mol. The van der Waals surface area contributed by atoms with Gasteiger partial charge in [0.15, 0.2) is 0 Å². The van der Waals surface area contributed by atoms with E-state index in [0.717, 1.165) is 31.0 Å². The average molecular weight is 301 g/mol. The molecule has 1 aliphatic heterocycles. The van der Waals surface area contributed by atoms with Crippen molar-refractivity contribution in [2.24, 2.45) is 4.99 Å². The van der Waals surface area contributed by atoms with E-state index >= 15 is 0 Å². The van der Waals surface area contributed by atoms with E-state index in [-0.39, 0.29) is 12.4 Å². The van der Waals surface area contributed by atoms with E-state index < -0.39 is 0 Å². The summed E-state index contributed by atoms with van der Waals surface area (Å²) in [7, 11) is 0. The second kappa shape index (κ2) is 6.77. The Morgan fingerprint density at radius 1 is 1.00 bits per heavy atom. The summed E-state index contributed by atoms with van der Waals surface area (Å²) in [5.41, 5.74) is 5.12. The highest BCUT2D eigenvalue weighted by Crippen LogP contribution is 2.23. The summed E-state index contributed by atoms with van der Waals surface area (Å²) in [5.74, 6) is 1.11. The highest BCUT2D eigenvalue weighted by molar-refractivity contribution is 5.85. The van der Waals surface area contributed by atoms with Gasteiger partial charge in [0.2, 0.25) is 0 Å². The number of nitrogens with zero attached hydrogens (tertiary/aromatic N) is 2. The van der Waals surface area contributed by atoms with Crippen LogP contribution in [0, 0.1) is 6.92 Å². The third-order valence-electron chi connectivity index (χ3n) is 3.88. The molecule has 0 amide bonds. The van der Waals surface area contributed by atoms with Gasteiger partial charge in [-0.05, 0) is 37.5 Å². The minimum atomic E-state index is 0. The molecular formula is C18H21ClN2.